The molecule has 0 aromatic carbocycles. The van der Waals surface area contributed by atoms with Crippen LogP contribution in [0.25, 0.3) is 10.7 Å². The summed E-state index contributed by atoms with van der Waals surface area (Å²) in [6.07, 6.45) is -1.07. The van der Waals surface area contributed by atoms with Gasteiger partial charge in [0, 0.05) is 49.2 Å². The Balaban J connectivity index is 1.80. The van der Waals surface area contributed by atoms with E-state index in [0.717, 1.165) is 17.6 Å². The van der Waals surface area contributed by atoms with E-state index in [0.29, 0.717) is 28.9 Å². The molecule has 186 valence electrons. The molecule has 1 fully saturated rings. The highest BCUT2D eigenvalue weighted by molar-refractivity contribution is 8.01. The highest BCUT2D eigenvalue weighted by atomic mass is 32.2. The summed E-state index contributed by atoms with van der Waals surface area (Å²) in [5.41, 5.74) is 2.93. The maximum absolute atomic E-state index is 14.8. The third-order valence-corrected chi connectivity index (χ3v) is 6.88. The van der Waals surface area contributed by atoms with E-state index < -0.39 is 35.2 Å². The summed E-state index contributed by atoms with van der Waals surface area (Å²) in [5.74, 6) is -0.127. The minimum absolute atomic E-state index is 0.0350. The minimum Gasteiger partial charge on any atom is -0.404 e. The lowest BCUT2D eigenvalue weighted by Gasteiger charge is -2.34. The number of nitrogens with one attached hydrogen (secondary N) is 2. The summed E-state index contributed by atoms with van der Waals surface area (Å²) in [5, 5.41) is 20.1. The molecule has 2 unspecified atom stereocenters. The lowest BCUT2D eigenvalue weighted by atomic mass is 10.1. The SMILES string of the molecule is CC(C)(O)Cc1cnc(-c2nc(NC3CCN(S/C(C=N)=C/N)CC3F)ncc2C(F)(F)F)s1. The average Bonchev–Trinajstić information content (AvgIpc) is 3.19. The fourth-order valence-corrected chi connectivity index (χ4v) is 5.25. The van der Waals surface area contributed by atoms with Crippen LogP contribution in [0.1, 0.15) is 30.7 Å². The molecule has 5 N–H and O–H groups in total. The molecule has 8 nitrogen and oxygen atoms in total. The third kappa shape index (κ3) is 6.87. The molecule has 2 aromatic heterocycles. The fourth-order valence-electron chi connectivity index (χ4n) is 3.29. The largest absolute Gasteiger partial charge is 0.420 e. The second-order valence-electron chi connectivity index (χ2n) is 8.32. The first-order chi connectivity index (χ1) is 15.9. The normalized spacial score (nSPS) is 20.4. The molecule has 34 heavy (non-hydrogen) atoms. The highest BCUT2D eigenvalue weighted by Gasteiger charge is 2.37. The van der Waals surface area contributed by atoms with E-state index in [1.165, 1.54) is 24.3 Å². The van der Waals surface area contributed by atoms with Crippen molar-refractivity contribution >= 4 is 35.4 Å². The highest BCUT2D eigenvalue weighted by Crippen LogP contribution is 2.38. The second kappa shape index (κ2) is 10.5. The van der Waals surface area contributed by atoms with Crippen molar-refractivity contribution < 1.29 is 22.7 Å². The second-order valence-corrected chi connectivity index (χ2v) is 10.6. The molecule has 0 radical (unpaired) electrons. The molecule has 0 amide bonds. The van der Waals surface area contributed by atoms with Crippen molar-refractivity contribution in [3.05, 3.63) is 33.9 Å². The standard InChI is InChI=1S/C20H25F4N7OS2/c1-19(2,32)5-11-8-27-17(33-11)16-13(20(22,23)24)9-28-18(30-16)29-15-3-4-31(10-14(15)21)34-12(6-25)7-26/h6-9,14-15,25,32H,3-5,10,26H2,1-2H3,(H,28,29,30)/b12-7+,25-6?. The molecule has 3 rings (SSSR count). The first kappa shape index (κ1) is 26.3. The molecular formula is C20H25F4N7OS2. The van der Waals surface area contributed by atoms with Crippen molar-refractivity contribution in [2.45, 2.75) is 50.7 Å². The van der Waals surface area contributed by atoms with Crippen LogP contribution in [-0.4, -0.2) is 61.5 Å². The van der Waals surface area contributed by atoms with Gasteiger partial charge < -0.3 is 21.6 Å². The number of allylic oxidation sites excluding steroid dienone is 1. The van der Waals surface area contributed by atoms with Crippen molar-refractivity contribution in [3.63, 3.8) is 0 Å². The Morgan fingerprint density at radius 1 is 1.38 bits per heavy atom. The number of hydrogen-bond donors (Lipinski definition) is 4. The molecule has 0 aliphatic carbocycles. The van der Waals surface area contributed by atoms with Gasteiger partial charge in [0.25, 0.3) is 0 Å². The molecule has 3 heterocycles. The van der Waals surface area contributed by atoms with Crippen LogP contribution in [0.2, 0.25) is 0 Å². The number of aromatic nitrogens is 3. The number of anilines is 1. The monoisotopic (exact) mass is 519 g/mol. The van der Waals surface area contributed by atoms with Crippen LogP contribution < -0.4 is 11.1 Å². The predicted octanol–water partition coefficient (Wildman–Crippen LogP) is 3.85. The van der Waals surface area contributed by atoms with E-state index in [2.05, 4.69) is 20.3 Å². The number of alkyl halides is 4. The number of piperidine rings is 1. The molecule has 2 aromatic rings. The van der Waals surface area contributed by atoms with Gasteiger partial charge in [0.2, 0.25) is 5.95 Å². The maximum atomic E-state index is 14.8. The summed E-state index contributed by atoms with van der Waals surface area (Å²) < 4.78 is 57.4. The Morgan fingerprint density at radius 3 is 2.71 bits per heavy atom. The van der Waals surface area contributed by atoms with Gasteiger partial charge >= 0.3 is 6.18 Å². The zero-order valence-electron chi connectivity index (χ0n) is 18.4. The average molecular weight is 520 g/mol. The third-order valence-electron chi connectivity index (χ3n) is 4.82. The van der Waals surface area contributed by atoms with Crippen molar-refractivity contribution in [1.82, 2.24) is 19.3 Å². The summed E-state index contributed by atoms with van der Waals surface area (Å²) in [7, 11) is 0. The molecule has 1 saturated heterocycles. The van der Waals surface area contributed by atoms with E-state index in [1.807, 2.05) is 0 Å². The lowest BCUT2D eigenvalue weighted by Crippen LogP contribution is -2.45. The van der Waals surface area contributed by atoms with E-state index in [4.69, 9.17) is 11.1 Å². The summed E-state index contributed by atoms with van der Waals surface area (Å²) in [6.45, 7) is 3.69. The molecule has 1 aliphatic heterocycles. The van der Waals surface area contributed by atoms with Gasteiger partial charge in [0.05, 0.1) is 16.5 Å². The van der Waals surface area contributed by atoms with Crippen LogP contribution in [0.15, 0.2) is 23.5 Å². The van der Waals surface area contributed by atoms with Gasteiger partial charge in [-0.1, -0.05) is 0 Å². The van der Waals surface area contributed by atoms with Crippen molar-refractivity contribution in [2.24, 2.45) is 5.73 Å². The molecule has 0 bridgehead atoms. The quantitative estimate of drug-likeness (QED) is 0.236. The Kier molecular flexibility index (Phi) is 8.16. The number of hydrogen-bond acceptors (Lipinski definition) is 10. The van der Waals surface area contributed by atoms with E-state index >= 15 is 0 Å². The van der Waals surface area contributed by atoms with E-state index in [1.54, 1.807) is 18.2 Å². The van der Waals surface area contributed by atoms with E-state index in [-0.39, 0.29) is 23.9 Å². The van der Waals surface area contributed by atoms with Crippen LogP contribution in [0, 0.1) is 5.41 Å². The summed E-state index contributed by atoms with van der Waals surface area (Å²) in [4.78, 5) is 13.0. The topological polar surface area (TPSA) is 124 Å². The van der Waals surface area contributed by atoms with Gasteiger partial charge in [-0.05, 0) is 32.2 Å². The number of nitrogens with zero attached hydrogens (tertiary/aromatic N) is 4. The van der Waals surface area contributed by atoms with Gasteiger partial charge in [-0.2, -0.15) is 13.2 Å². The number of nitrogens with two attached hydrogens (primary N) is 1. The smallest absolute Gasteiger partial charge is 0.404 e. The van der Waals surface area contributed by atoms with Crippen LogP contribution in [-0.2, 0) is 12.6 Å². The summed E-state index contributed by atoms with van der Waals surface area (Å²) >= 11 is 2.17. The molecule has 0 saturated carbocycles. The molecular weight excluding hydrogens is 494 g/mol. The van der Waals surface area contributed by atoms with Gasteiger partial charge in [-0.3, -0.25) is 0 Å². The van der Waals surface area contributed by atoms with Crippen LogP contribution in [0.5, 0.6) is 0 Å². The van der Waals surface area contributed by atoms with Crippen molar-refractivity contribution in [1.29, 1.82) is 5.41 Å². The minimum atomic E-state index is -4.70. The number of rotatable bonds is 8. The Labute approximate surface area is 202 Å². The van der Waals surface area contributed by atoms with Crippen LogP contribution >= 0.6 is 23.3 Å². The van der Waals surface area contributed by atoms with Crippen LogP contribution in [0.4, 0.5) is 23.5 Å². The first-order valence-corrected chi connectivity index (χ1v) is 11.9. The zero-order valence-corrected chi connectivity index (χ0v) is 20.1. The Hall–Kier alpha value is -2.29. The number of halogens is 4. The van der Waals surface area contributed by atoms with Crippen molar-refractivity contribution in [2.75, 3.05) is 18.4 Å². The molecule has 0 spiro atoms. The van der Waals surface area contributed by atoms with Gasteiger partial charge in [-0.25, -0.2) is 23.6 Å². The van der Waals surface area contributed by atoms with E-state index in [9.17, 15) is 22.7 Å². The number of thiazole rings is 1. The lowest BCUT2D eigenvalue weighted by molar-refractivity contribution is -0.137. The van der Waals surface area contributed by atoms with Gasteiger partial charge in [0.15, 0.2) is 0 Å². The first-order valence-electron chi connectivity index (χ1n) is 10.3. The van der Waals surface area contributed by atoms with Gasteiger partial charge in [0.1, 0.15) is 22.4 Å². The Morgan fingerprint density at radius 2 is 2.12 bits per heavy atom. The summed E-state index contributed by atoms with van der Waals surface area (Å²) in [6, 6.07) is -0.700. The predicted molar refractivity (Wildman–Crippen MR) is 125 cm³/mol. The molecule has 14 heteroatoms. The Bertz CT molecular complexity index is 1040. The van der Waals surface area contributed by atoms with Crippen molar-refractivity contribution in [3.8, 4) is 10.7 Å². The number of aliphatic hydroxyl groups is 1. The zero-order chi connectivity index (χ0) is 25.1. The molecule has 1 aliphatic rings. The van der Waals surface area contributed by atoms with Gasteiger partial charge in [-0.15, -0.1) is 11.3 Å². The maximum Gasteiger partial charge on any atom is 0.420 e. The molecule has 2 atom stereocenters. The van der Waals surface area contributed by atoms with Crippen LogP contribution in [0.3, 0.4) is 0 Å². The fraction of sp³-hybridized carbons (Fsp3) is 0.500.